The molecule has 7 heavy (non-hydrogen) atoms. The summed E-state index contributed by atoms with van der Waals surface area (Å²) in [5, 5.41) is 0. The van der Waals surface area contributed by atoms with E-state index in [0.29, 0.717) is 25.5 Å². The number of hydrogen-bond donors (Lipinski definition) is 0. The van der Waals surface area contributed by atoms with Gasteiger partial charge in [0, 0.05) is 9.16 Å². The van der Waals surface area contributed by atoms with E-state index in [2.05, 4.69) is 4.99 Å². The predicted octanol–water partition coefficient (Wildman–Crippen LogP) is 0.825. The van der Waals surface area contributed by atoms with Crippen molar-refractivity contribution in [2.24, 2.45) is 4.99 Å². The molecule has 0 N–H and O–H groups in total. The Hall–Kier alpha value is -0.530. The molecule has 1 aliphatic heterocycles. The summed E-state index contributed by atoms with van der Waals surface area (Å²) in [6, 6.07) is 0. The summed E-state index contributed by atoms with van der Waals surface area (Å²) in [4.78, 5) is 3.93. The van der Waals surface area contributed by atoms with Crippen LogP contribution in [-0.4, -0.2) is 19.0 Å². The highest BCUT2D eigenvalue weighted by molar-refractivity contribution is 5.76. The number of nitrogens with zero attached hydrogens (tertiary/aromatic N) is 1. The van der Waals surface area contributed by atoms with E-state index in [1.54, 1.807) is 0 Å². The fourth-order valence-corrected chi connectivity index (χ4v) is 0.503. The first-order valence-corrected chi connectivity index (χ1v) is 2.29. The lowest BCUT2D eigenvalue weighted by atomic mass is 10.5. The first-order valence-electron chi connectivity index (χ1n) is 3.45. The maximum absolute atomic E-state index is 6.85. The van der Waals surface area contributed by atoms with Gasteiger partial charge in [0.1, 0.15) is 6.61 Å². The van der Waals surface area contributed by atoms with Gasteiger partial charge in [-0.3, -0.25) is 4.99 Å². The average Bonchev–Trinajstić information content (AvgIpc) is 2.15. The van der Waals surface area contributed by atoms with Gasteiger partial charge in [0.25, 0.3) is 0 Å². The smallest absolute Gasteiger partial charge is 0.183 e. The molecule has 0 aliphatic carbocycles. The van der Waals surface area contributed by atoms with Crippen LogP contribution in [0.3, 0.4) is 0 Å². The summed E-state index contributed by atoms with van der Waals surface area (Å²) >= 11 is 0. The van der Waals surface area contributed by atoms with Gasteiger partial charge in [0.05, 0.1) is 6.54 Å². The molecule has 0 bridgehead atoms. The van der Waals surface area contributed by atoms with E-state index >= 15 is 0 Å². The molecule has 1 aliphatic rings. The SMILES string of the molecule is [2H]C([2H])CC1=NCCO1. The molecule has 0 unspecified atom stereocenters. The zero-order valence-corrected chi connectivity index (χ0v) is 4.05. The molecule has 0 saturated carbocycles. The monoisotopic (exact) mass is 101 g/mol. The van der Waals surface area contributed by atoms with Crippen molar-refractivity contribution >= 4 is 5.90 Å². The first-order chi connectivity index (χ1) is 4.29. The van der Waals surface area contributed by atoms with Crippen molar-refractivity contribution in [1.29, 1.82) is 0 Å². The zero-order valence-electron chi connectivity index (χ0n) is 6.05. The van der Waals surface area contributed by atoms with E-state index < -0.39 is 6.88 Å². The summed E-state index contributed by atoms with van der Waals surface area (Å²) in [5.74, 6) is 0.574. The summed E-state index contributed by atoms with van der Waals surface area (Å²) < 4.78 is 18.7. The molecule has 0 saturated heterocycles. The van der Waals surface area contributed by atoms with Crippen molar-refractivity contribution in [2.45, 2.75) is 13.3 Å². The third-order valence-corrected chi connectivity index (χ3v) is 0.823. The van der Waals surface area contributed by atoms with Crippen LogP contribution in [0.5, 0.6) is 0 Å². The van der Waals surface area contributed by atoms with Crippen LogP contribution in [-0.2, 0) is 4.74 Å². The molecule has 0 atom stereocenters. The second kappa shape index (κ2) is 1.96. The Kier molecular flexibility index (Phi) is 0.755. The molecule has 0 aromatic heterocycles. The van der Waals surface area contributed by atoms with Crippen molar-refractivity contribution < 1.29 is 7.48 Å². The van der Waals surface area contributed by atoms with Gasteiger partial charge in [-0.25, -0.2) is 0 Å². The highest BCUT2D eigenvalue weighted by atomic mass is 16.5. The minimum absolute atomic E-state index is 0.333. The Morgan fingerprint density at radius 2 is 3.14 bits per heavy atom. The molecule has 0 spiro atoms. The molecule has 1 rings (SSSR count). The van der Waals surface area contributed by atoms with Crippen molar-refractivity contribution in [1.82, 2.24) is 0 Å². The normalized spacial score (nSPS) is 23.3. The van der Waals surface area contributed by atoms with E-state index in [-0.39, 0.29) is 0 Å². The average molecular weight is 101 g/mol. The van der Waals surface area contributed by atoms with Crippen molar-refractivity contribution in [3.05, 3.63) is 0 Å². The Bertz CT molecular complexity index is 124. The fraction of sp³-hybridized carbons (Fsp3) is 0.800. The number of aliphatic imine (C=N–C) groups is 1. The van der Waals surface area contributed by atoms with Crippen LogP contribution in [0.2, 0.25) is 0 Å². The quantitative estimate of drug-likeness (QED) is 0.479. The summed E-state index contributed by atoms with van der Waals surface area (Å²) in [6.45, 7) is 0.492. The van der Waals surface area contributed by atoms with E-state index in [0.717, 1.165) is 0 Å². The van der Waals surface area contributed by atoms with Crippen molar-refractivity contribution in [2.75, 3.05) is 13.2 Å². The molecule has 2 nitrogen and oxygen atoms in total. The molecule has 0 radical (unpaired) electrons. The molecular weight excluding hydrogens is 90.1 g/mol. The summed E-state index contributed by atoms with van der Waals surface area (Å²) in [7, 11) is 0. The lowest BCUT2D eigenvalue weighted by Gasteiger charge is -1.91. The molecule has 0 aromatic rings. The summed E-state index contributed by atoms with van der Waals surface area (Å²) in [5.41, 5.74) is 0. The number of ether oxygens (including phenoxy) is 1. The van der Waals surface area contributed by atoms with Crippen molar-refractivity contribution in [3.63, 3.8) is 0 Å². The molecule has 1 heterocycles. The molecule has 0 amide bonds. The minimum atomic E-state index is -0.832. The zero-order chi connectivity index (χ0) is 6.69. The topological polar surface area (TPSA) is 21.6 Å². The predicted molar refractivity (Wildman–Crippen MR) is 28.5 cm³/mol. The number of hydrogen-bond acceptors (Lipinski definition) is 2. The molecule has 2 heteroatoms. The van der Waals surface area contributed by atoms with Crippen LogP contribution in [0.1, 0.15) is 16.0 Å². The Labute approximate surface area is 46.0 Å². The maximum Gasteiger partial charge on any atom is 0.183 e. The second-order valence-electron chi connectivity index (χ2n) is 1.33. The van der Waals surface area contributed by atoms with E-state index in [9.17, 15) is 0 Å². The van der Waals surface area contributed by atoms with E-state index in [1.165, 1.54) is 0 Å². The molecular formula is C5H9NO. The van der Waals surface area contributed by atoms with Crippen LogP contribution in [0.4, 0.5) is 0 Å². The van der Waals surface area contributed by atoms with Gasteiger partial charge in [-0.1, -0.05) is 6.88 Å². The van der Waals surface area contributed by atoms with Crippen LogP contribution in [0, 0.1) is 0 Å². The van der Waals surface area contributed by atoms with Gasteiger partial charge in [-0.2, -0.15) is 0 Å². The molecule has 0 fully saturated rings. The van der Waals surface area contributed by atoms with Crippen molar-refractivity contribution in [3.8, 4) is 0 Å². The van der Waals surface area contributed by atoms with Crippen LogP contribution in [0.25, 0.3) is 0 Å². The Morgan fingerprint density at radius 3 is 3.71 bits per heavy atom. The minimum Gasteiger partial charge on any atom is -0.479 e. The standard InChI is InChI=1S/C5H9NO/c1-2-5-6-3-4-7-5/h2-4H2,1H3/i1D2. The number of rotatable bonds is 1. The van der Waals surface area contributed by atoms with Crippen LogP contribution >= 0.6 is 0 Å². The van der Waals surface area contributed by atoms with Gasteiger partial charge >= 0.3 is 0 Å². The lowest BCUT2D eigenvalue weighted by molar-refractivity contribution is 0.340. The molecule has 0 aromatic carbocycles. The highest BCUT2D eigenvalue weighted by Gasteiger charge is 2.01. The Balaban J connectivity index is 2.26. The van der Waals surface area contributed by atoms with E-state index in [4.69, 9.17) is 7.48 Å². The third-order valence-electron chi connectivity index (χ3n) is 0.823. The van der Waals surface area contributed by atoms with Gasteiger partial charge in [-0.05, 0) is 0 Å². The fourth-order valence-electron chi connectivity index (χ4n) is 0.503. The van der Waals surface area contributed by atoms with E-state index in [1.807, 2.05) is 0 Å². The van der Waals surface area contributed by atoms with Gasteiger partial charge < -0.3 is 4.74 Å². The Morgan fingerprint density at radius 1 is 2.14 bits per heavy atom. The summed E-state index contributed by atoms with van der Waals surface area (Å²) in [6.07, 6.45) is 0.333. The maximum atomic E-state index is 6.85. The van der Waals surface area contributed by atoms with Crippen LogP contribution < -0.4 is 0 Å². The largest absolute Gasteiger partial charge is 0.479 e. The van der Waals surface area contributed by atoms with Gasteiger partial charge in [-0.15, -0.1) is 0 Å². The first kappa shape index (κ1) is 2.70. The van der Waals surface area contributed by atoms with Gasteiger partial charge in [0.15, 0.2) is 5.90 Å². The molecule has 40 valence electrons. The second-order valence-corrected chi connectivity index (χ2v) is 1.33. The third kappa shape index (κ3) is 0.918. The lowest BCUT2D eigenvalue weighted by Crippen LogP contribution is -1.94. The van der Waals surface area contributed by atoms with Crippen LogP contribution in [0.15, 0.2) is 4.99 Å². The van der Waals surface area contributed by atoms with Gasteiger partial charge in [0.2, 0.25) is 0 Å². The highest BCUT2D eigenvalue weighted by Crippen LogP contribution is 1.95.